The average molecular weight is 478 g/mol. The summed E-state index contributed by atoms with van der Waals surface area (Å²) < 4.78 is 13.4. The predicted molar refractivity (Wildman–Crippen MR) is 120 cm³/mol. The van der Waals surface area contributed by atoms with E-state index in [0.29, 0.717) is 11.4 Å². The topological polar surface area (TPSA) is 38.8 Å². The Morgan fingerprint density at radius 3 is 2.50 bits per heavy atom. The summed E-state index contributed by atoms with van der Waals surface area (Å²) in [6.45, 7) is 2.64. The molecule has 3 rings (SSSR count). The molecule has 0 fully saturated rings. The minimum Gasteiger partial charge on any atom is -0.497 e. The molecule has 0 radical (unpaired) electrons. The van der Waals surface area contributed by atoms with Crippen molar-refractivity contribution in [3.63, 3.8) is 0 Å². The van der Waals surface area contributed by atoms with Gasteiger partial charge < -0.3 is 13.8 Å². The van der Waals surface area contributed by atoms with E-state index in [1.165, 1.54) is 18.4 Å². The van der Waals surface area contributed by atoms with Crippen LogP contribution < -0.4 is 9.04 Å². The second-order valence-electron chi connectivity index (χ2n) is 5.98. The van der Waals surface area contributed by atoms with Crippen molar-refractivity contribution in [2.75, 3.05) is 18.5 Å². The summed E-state index contributed by atoms with van der Waals surface area (Å²) in [5.41, 5.74) is 3.05. The van der Waals surface area contributed by atoms with E-state index < -0.39 is 0 Å². The number of benzene rings is 2. The Bertz CT molecular complexity index is 957. The maximum absolute atomic E-state index is 12.3. The highest BCUT2D eigenvalue weighted by Crippen LogP contribution is 2.40. The average Bonchev–Trinajstić information content (AvgIpc) is 3.10. The highest BCUT2D eigenvalue weighted by Gasteiger charge is 2.23. The van der Waals surface area contributed by atoms with Gasteiger partial charge in [0, 0.05) is 9.37 Å². The summed E-state index contributed by atoms with van der Waals surface area (Å²) in [6.07, 6.45) is 0. The molecule has 3 aromatic rings. The Balaban J connectivity index is 2.00. The lowest BCUT2D eigenvalue weighted by Gasteiger charge is -2.25. The lowest BCUT2D eigenvalue weighted by atomic mass is 10.2. The number of methoxy groups -OCH3 is 2. The molecule has 146 valence electrons. The fourth-order valence-corrected chi connectivity index (χ4v) is 5.17. The van der Waals surface area contributed by atoms with Gasteiger partial charge in [0.25, 0.3) is 0 Å². The number of nitrogens with zero attached hydrogens (tertiary/aromatic N) is 1. The van der Waals surface area contributed by atoms with E-state index in [-0.39, 0.29) is 5.97 Å². The molecule has 1 aromatic heterocycles. The molecule has 0 aliphatic rings. The van der Waals surface area contributed by atoms with Crippen LogP contribution in [0.2, 0.25) is 0 Å². The van der Waals surface area contributed by atoms with E-state index in [4.69, 9.17) is 9.47 Å². The quantitative estimate of drug-likeness (QED) is 0.293. The predicted octanol–water partition coefficient (Wildman–Crippen LogP) is 6.33. The molecule has 0 atom stereocenters. The van der Waals surface area contributed by atoms with Crippen LogP contribution in [-0.2, 0) is 11.3 Å². The van der Waals surface area contributed by atoms with Crippen molar-refractivity contribution in [3.8, 4) is 5.75 Å². The highest BCUT2D eigenvalue weighted by molar-refractivity contribution is 9.10. The van der Waals surface area contributed by atoms with E-state index in [1.54, 1.807) is 19.1 Å². The normalized spacial score (nSPS) is 10.6. The Kier molecular flexibility index (Phi) is 7.04. The standard InChI is InChI=1S/C21H20BrNO3S2/c1-14-13-27-20(21(24)26-3)19(14)23(12-15-6-4-5-7-18(15)22)28-17-10-8-16(25-2)9-11-17/h4-11,13H,12H2,1-3H3. The van der Waals surface area contributed by atoms with Gasteiger partial charge in [-0.2, -0.15) is 0 Å². The monoisotopic (exact) mass is 477 g/mol. The minimum absolute atomic E-state index is 0.319. The van der Waals surface area contributed by atoms with Crippen LogP contribution in [0.5, 0.6) is 5.75 Å². The first-order chi connectivity index (χ1) is 13.5. The number of esters is 1. The fraction of sp³-hybridized carbons (Fsp3) is 0.190. The van der Waals surface area contributed by atoms with Crippen molar-refractivity contribution in [1.82, 2.24) is 0 Å². The molecular formula is C21H20BrNO3S2. The zero-order valence-electron chi connectivity index (χ0n) is 15.8. The number of thiophene rings is 1. The van der Waals surface area contributed by atoms with Gasteiger partial charge >= 0.3 is 5.97 Å². The van der Waals surface area contributed by atoms with Crippen molar-refractivity contribution in [2.45, 2.75) is 18.4 Å². The first-order valence-electron chi connectivity index (χ1n) is 8.53. The molecule has 0 spiro atoms. The van der Waals surface area contributed by atoms with Crippen LogP contribution in [0, 0.1) is 6.92 Å². The number of ether oxygens (including phenoxy) is 2. The molecule has 0 aliphatic carbocycles. The third-order valence-electron chi connectivity index (χ3n) is 4.11. The van der Waals surface area contributed by atoms with E-state index >= 15 is 0 Å². The van der Waals surface area contributed by atoms with E-state index in [1.807, 2.05) is 54.8 Å². The Morgan fingerprint density at radius 2 is 1.86 bits per heavy atom. The third kappa shape index (κ3) is 4.71. The Labute approximate surface area is 181 Å². The van der Waals surface area contributed by atoms with Crippen molar-refractivity contribution < 1.29 is 14.3 Å². The maximum atomic E-state index is 12.3. The Morgan fingerprint density at radius 1 is 1.14 bits per heavy atom. The minimum atomic E-state index is -0.319. The highest BCUT2D eigenvalue weighted by atomic mass is 79.9. The number of rotatable bonds is 7. The van der Waals surface area contributed by atoms with Crippen LogP contribution >= 0.6 is 39.2 Å². The summed E-state index contributed by atoms with van der Waals surface area (Å²) in [6, 6.07) is 16.0. The molecule has 28 heavy (non-hydrogen) atoms. The van der Waals surface area contributed by atoms with Crippen LogP contribution in [0.25, 0.3) is 0 Å². The summed E-state index contributed by atoms with van der Waals surface area (Å²) >= 11 is 6.62. The number of hydrogen-bond acceptors (Lipinski definition) is 6. The van der Waals surface area contributed by atoms with E-state index in [9.17, 15) is 4.79 Å². The molecule has 0 saturated carbocycles. The zero-order valence-corrected chi connectivity index (χ0v) is 19.0. The zero-order chi connectivity index (χ0) is 20.1. The van der Waals surface area contributed by atoms with Crippen molar-refractivity contribution in [1.29, 1.82) is 0 Å². The number of carbonyl (C=O) groups excluding carboxylic acids is 1. The number of carbonyl (C=O) groups is 1. The number of anilines is 1. The second-order valence-corrected chi connectivity index (χ2v) is 8.81. The second kappa shape index (κ2) is 9.49. The summed E-state index contributed by atoms with van der Waals surface area (Å²) in [5, 5.41) is 1.99. The first-order valence-corrected chi connectivity index (χ1v) is 11.0. The summed E-state index contributed by atoms with van der Waals surface area (Å²) in [5.74, 6) is 0.490. The Hall–Kier alpha value is -1.96. The molecule has 0 unspecified atom stereocenters. The molecule has 0 N–H and O–H groups in total. The van der Waals surface area contributed by atoms with Gasteiger partial charge in [0.15, 0.2) is 0 Å². The van der Waals surface area contributed by atoms with Crippen LogP contribution in [0.1, 0.15) is 20.8 Å². The van der Waals surface area contributed by atoms with Crippen LogP contribution in [0.4, 0.5) is 5.69 Å². The van der Waals surface area contributed by atoms with Crippen molar-refractivity contribution in [2.24, 2.45) is 0 Å². The SMILES string of the molecule is COC(=O)c1scc(C)c1N(Cc1ccccc1Br)Sc1ccc(OC)cc1. The third-order valence-corrected chi connectivity index (χ3v) is 6.96. The molecule has 0 amide bonds. The molecule has 7 heteroatoms. The van der Waals surface area contributed by atoms with E-state index in [0.717, 1.165) is 31.9 Å². The molecule has 1 heterocycles. The lowest BCUT2D eigenvalue weighted by molar-refractivity contribution is 0.0607. The van der Waals surface area contributed by atoms with Crippen LogP contribution in [0.15, 0.2) is 63.3 Å². The van der Waals surface area contributed by atoms with Gasteiger partial charge in [-0.1, -0.05) is 34.1 Å². The van der Waals surface area contributed by atoms with Crippen LogP contribution in [0.3, 0.4) is 0 Å². The van der Waals surface area contributed by atoms with Gasteiger partial charge in [-0.25, -0.2) is 4.79 Å². The summed E-state index contributed by atoms with van der Waals surface area (Å²) in [7, 11) is 3.06. The van der Waals surface area contributed by atoms with Gasteiger partial charge in [0.1, 0.15) is 10.6 Å². The molecule has 2 aromatic carbocycles. The molecule has 0 aliphatic heterocycles. The first kappa shape index (κ1) is 20.8. The van der Waals surface area contributed by atoms with Crippen molar-refractivity contribution >= 4 is 50.9 Å². The van der Waals surface area contributed by atoms with Gasteiger partial charge in [-0.3, -0.25) is 0 Å². The molecule has 0 saturated heterocycles. The fourth-order valence-electron chi connectivity index (χ4n) is 2.69. The van der Waals surface area contributed by atoms with Crippen molar-refractivity contribution in [3.05, 3.63) is 74.4 Å². The van der Waals surface area contributed by atoms with Gasteiger partial charge in [0.05, 0.1) is 26.5 Å². The summed E-state index contributed by atoms with van der Waals surface area (Å²) in [4.78, 5) is 14.0. The number of halogens is 1. The van der Waals surface area contributed by atoms with Crippen LogP contribution in [-0.4, -0.2) is 20.2 Å². The smallest absolute Gasteiger partial charge is 0.350 e. The molecule has 4 nitrogen and oxygen atoms in total. The maximum Gasteiger partial charge on any atom is 0.350 e. The number of hydrogen-bond donors (Lipinski definition) is 0. The lowest BCUT2D eigenvalue weighted by Crippen LogP contribution is -2.17. The largest absolute Gasteiger partial charge is 0.497 e. The molecule has 0 bridgehead atoms. The number of aryl methyl sites for hydroxylation is 1. The van der Waals surface area contributed by atoms with Gasteiger partial charge in [-0.05, 0) is 65.7 Å². The van der Waals surface area contributed by atoms with Gasteiger partial charge in [-0.15, -0.1) is 11.3 Å². The van der Waals surface area contributed by atoms with E-state index in [2.05, 4.69) is 26.3 Å². The molecular weight excluding hydrogens is 458 g/mol. The van der Waals surface area contributed by atoms with Gasteiger partial charge in [0.2, 0.25) is 0 Å².